The molecule has 1 heterocycles. The van der Waals surface area contributed by atoms with Crippen LogP contribution in [0.25, 0.3) is 0 Å². The third-order valence-electron chi connectivity index (χ3n) is 6.65. The van der Waals surface area contributed by atoms with Crippen LogP contribution in [0.1, 0.15) is 49.8 Å². The highest BCUT2D eigenvalue weighted by atomic mass is 35.5. The zero-order chi connectivity index (χ0) is 22.0. The largest absolute Gasteiger partial charge is 0.328 e. The van der Waals surface area contributed by atoms with E-state index in [0.717, 1.165) is 31.2 Å². The van der Waals surface area contributed by atoms with Crippen LogP contribution in [0.15, 0.2) is 48.5 Å². The van der Waals surface area contributed by atoms with E-state index in [9.17, 15) is 14.0 Å². The Labute approximate surface area is 188 Å². The van der Waals surface area contributed by atoms with Crippen molar-refractivity contribution in [2.24, 2.45) is 5.92 Å². The SMILES string of the molecule is CC1CCC(N2CC(=O)N(CCc3ccccc3Cl)C(c3ccc(F)cc3)C2=O)CC1. The lowest BCUT2D eigenvalue weighted by Gasteiger charge is -2.45. The zero-order valence-electron chi connectivity index (χ0n) is 17.8. The van der Waals surface area contributed by atoms with Gasteiger partial charge >= 0.3 is 0 Å². The van der Waals surface area contributed by atoms with Crippen molar-refractivity contribution in [3.63, 3.8) is 0 Å². The molecule has 0 N–H and O–H groups in total. The number of halogens is 2. The zero-order valence-corrected chi connectivity index (χ0v) is 18.5. The molecular weight excluding hydrogens is 415 g/mol. The summed E-state index contributed by atoms with van der Waals surface area (Å²) in [6.45, 7) is 2.72. The molecule has 2 fully saturated rings. The van der Waals surface area contributed by atoms with Gasteiger partial charge in [0.15, 0.2) is 0 Å². The first-order valence-corrected chi connectivity index (χ1v) is 11.4. The number of carbonyl (C=O) groups is 2. The summed E-state index contributed by atoms with van der Waals surface area (Å²) in [4.78, 5) is 30.3. The van der Waals surface area contributed by atoms with E-state index in [4.69, 9.17) is 11.6 Å². The fourth-order valence-corrected chi connectivity index (χ4v) is 5.01. The Morgan fingerprint density at radius 1 is 1.00 bits per heavy atom. The summed E-state index contributed by atoms with van der Waals surface area (Å²) in [5.41, 5.74) is 1.58. The second-order valence-corrected chi connectivity index (χ2v) is 9.17. The van der Waals surface area contributed by atoms with Gasteiger partial charge < -0.3 is 9.80 Å². The van der Waals surface area contributed by atoms with E-state index in [2.05, 4.69) is 6.92 Å². The van der Waals surface area contributed by atoms with E-state index in [1.165, 1.54) is 12.1 Å². The number of piperazine rings is 1. The van der Waals surface area contributed by atoms with Crippen molar-refractivity contribution in [1.82, 2.24) is 9.80 Å². The van der Waals surface area contributed by atoms with Gasteiger partial charge in [0.05, 0.1) is 0 Å². The standard InChI is InChI=1S/C25H28ClFN2O2/c1-17-6-12-21(13-7-17)29-16-23(30)28(15-14-18-4-2-3-5-22(18)26)24(25(29)31)19-8-10-20(27)11-9-19/h2-5,8-11,17,21,24H,6-7,12-16H2,1H3. The van der Waals surface area contributed by atoms with Crippen molar-refractivity contribution in [2.75, 3.05) is 13.1 Å². The first kappa shape index (κ1) is 21.8. The van der Waals surface area contributed by atoms with Gasteiger partial charge in [0.2, 0.25) is 5.91 Å². The summed E-state index contributed by atoms with van der Waals surface area (Å²) in [5.74, 6) is 0.162. The van der Waals surface area contributed by atoms with Gasteiger partial charge in [0.25, 0.3) is 5.91 Å². The van der Waals surface area contributed by atoms with Gasteiger partial charge in [-0.1, -0.05) is 48.9 Å². The highest BCUT2D eigenvalue weighted by Crippen LogP contribution is 2.34. The van der Waals surface area contributed by atoms with Crippen LogP contribution >= 0.6 is 11.6 Å². The number of carbonyl (C=O) groups excluding carboxylic acids is 2. The molecule has 2 aromatic rings. The molecule has 0 spiro atoms. The fourth-order valence-electron chi connectivity index (χ4n) is 4.78. The van der Waals surface area contributed by atoms with Gasteiger partial charge in [-0.2, -0.15) is 0 Å². The van der Waals surface area contributed by atoms with E-state index >= 15 is 0 Å². The minimum absolute atomic E-state index is 0.0649. The molecule has 164 valence electrons. The van der Waals surface area contributed by atoms with Crippen LogP contribution in [-0.2, 0) is 16.0 Å². The molecule has 6 heteroatoms. The number of amides is 2. The molecule has 0 aromatic heterocycles. The van der Waals surface area contributed by atoms with Gasteiger partial charge in [-0.15, -0.1) is 0 Å². The predicted octanol–water partition coefficient (Wildman–Crippen LogP) is 5.01. The van der Waals surface area contributed by atoms with E-state index < -0.39 is 6.04 Å². The Hall–Kier alpha value is -2.40. The normalized spacial score (nSPS) is 24.5. The Morgan fingerprint density at radius 2 is 1.68 bits per heavy atom. The molecule has 2 amide bonds. The van der Waals surface area contributed by atoms with Crippen LogP contribution < -0.4 is 0 Å². The summed E-state index contributed by atoms with van der Waals surface area (Å²) in [5, 5.41) is 0.648. The van der Waals surface area contributed by atoms with Gasteiger partial charge in [-0.3, -0.25) is 9.59 Å². The van der Waals surface area contributed by atoms with Crippen LogP contribution in [0.5, 0.6) is 0 Å². The topological polar surface area (TPSA) is 40.6 Å². The molecular formula is C25H28ClFN2O2. The number of nitrogens with zero attached hydrogens (tertiary/aromatic N) is 2. The Balaban J connectivity index is 1.60. The minimum Gasteiger partial charge on any atom is -0.328 e. The second-order valence-electron chi connectivity index (χ2n) is 8.76. The van der Waals surface area contributed by atoms with Crippen LogP contribution in [0, 0.1) is 11.7 Å². The van der Waals surface area contributed by atoms with Gasteiger partial charge in [0, 0.05) is 17.6 Å². The highest BCUT2D eigenvalue weighted by molar-refractivity contribution is 6.31. The first-order chi connectivity index (χ1) is 14.9. The summed E-state index contributed by atoms with van der Waals surface area (Å²) >= 11 is 6.29. The smallest absolute Gasteiger partial charge is 0.250 e. The third kappa shape index (κ3) is 4.77. The number of benzene rings is 2. The summed E-state index contributed by atoms with van der Waals surface area (Å²) in [6.07, 6.45) is 4.55. The molecule has 2 aliphatic rings. The lowest BCUT2D eigenvalue weighted by atomic mass is 9.85. The second kappa shape index (κ2) is 9.39. The van der Waals surface area contributed by atoms with E-state index in [0.29, 0.717) is 29.5 Å². The third-order valence-corrected chi connectivity index (χ3v) is 7.02. The molecule has 4 nitrogen and oxygen atoms in total. The van der Waals surface area contributed by atoms with Crippen LogP contribution in [0.3, 0.4) is 0 Å². The number of hydrogen-bond donors (Lipinski definition) is 0. The lowest BCUT2D eigenvalue weighted by Crippen LogP contribution is -2.59. The molecule has 1 aliphatic carbocycles. The predicted molar refractivity (Wildman–Crippen MR) is 119 cm³/mol. The van der Waals surface area contributed by atoms with Crippen molar-refractivity contribution < 1.29 is 14.0 Å². The summed E-state index contributed by atoms with van der Waals surface area (Å²) in [7, 11) is 0. The molecule has 2 aromatic carbocycles. The maximum absolute atomic E-state index is 13.6. The fraction of sp³-hybridized carbons (Fsp3) is 0.440. The van der Waals surface area contributed by atoms with E-state index in [1.807, 2.05) is 24.3 Å². The van der Waals surface area contributed by atoms with E-state index in [-0.39, 0.29) is 30.2 Å². The van der Waals surface area contributed by atoms with Crippen molar-refractivity contribution in [3.8, 4) is 0 Å². The average molecular weight is 443 g/mol. The minimum atomic E-state index is -0.733. The molecule has 1 saturated heterocycles. The van der Waals surface area contributed by atoms with Crippen LogP contribution in [0.2, 0.25) is 5.02 Å². The Bertz CT molecular complexity index is 941. The maximum atomic E-state index is 13.6. The lowest BCUT2D eigenvalue weighted by molar-refractivity contribution is -0.159. The first-order valence-electron chi connectivity index (χ1n) is 11.0. The quantitative estimate of drug-likeness (QED) is 0.652. The van der Waals surface area contributed by atoms with Crippen LogP contribution in [0.4, 0.5) is 4.39 Å². The molecule has 1 atom stereocenters. The molecule has 1 aliphatic heterocycles. The van der Waals surface area contributed by atoms with Gasteiger partial charge in [-0.05, 0) is 67.3 Å². The van der Waals surface area contributed by atoms with Crippen molar-refractivity contribution in [1.29, 1.82) is 0 Å². The van der Waals surface area contributed by atoms with E-state index in [1.54, 1.807) is 21.9 Å². The molecule has 1 saturated carbocycles. The summed E-state index contributed by atoms with van der Waals surface area (Å²) < 4.78 is 13.6. The molecule has 4 rings (SSSR count). The molecule has 0 bridgehead atoms. The van der Waals surface area contributed by atoms with Gasteiger partial charge in [-0.25, -0.2) is 4.39 Å². The monoisotopic (exact) mass is 442 g/mol. The molecule has 0 radical (unpaired) electrons. The number of rotatable bonds is 5. The number of hydrogen-bond acceptors (Lipinski definition) is 2. The van der Waals surface area contributed by atoms with Crippen molar-refractivity contribution in [2.45, 2.75) is 51.1 Å². The van der Waals surface area contributed by atoms with Gasteiger partial charge in [0.1, 0.15) is 18.4 Å². The highest BCUT2D eigenvalue weighted by Gasteiger charge is 2.43. The molecule has 1 unspecified atom stereocenters. The maximum Gasteiger partial charge on any atom is 0.250 e. The Kier molecular flexibility index (Phi) is 6.61. The van der Waals surface area contributed by atoms with Crippen molar-refractivity contribution >= 4 is 23.4 Å². The molecule has 31 heavy (non-hydrogen) atoms. The van der Waals surface area contributed by atoms with Crippen molar-refractivity contribution in [3.05, 3.63) is 70.5 Å². The van der Waals surface area contributed by atoms with Crippen LogP contribution in [-0.4, -0.2) is 40.7 Å². The average Bonchev–Trinajstić information content (AvgIpc) is 2.76. The Morgan fingerprint density at radius 3 is 2.35 bits per heavy atom. The summed E-state index contributed by atoms with van der Waals surface area (Å²) in [6, 6.07) is 12.8.